The van der Waals surface area contributed by atoms with E-state index in [-0.39, 0.29) is 11.9 Å². The minimum absolute atomic E-state index is 0.0354. The minimum atomic E-state index is -0.0919. The summed E-state index contributed by atoms with van der Waals surface area (Å²) in [6, 6.07) is 9.81. The third-order valence-electron chi connectivity index (χ3n) is 3.36. The van der Waals surface area contributed by atoms with Crippen molar-refractivity contribution in [3.05, 3.63) is 35.9 Å². The molecular weight excluding hydrogens is 226 g/mol. The second-order valence-electron chi connectivity index (χ2n) is 5.00. The van der Waals surface area contributed by atoms with Gasteiger partial charge in [0.2, 0.25) is 0 Å². The van der Waals surface area contributed by atoms with Gasteiger partial charge in [0.15, 0.2) is 0 Å². The standard InChI is InChI=1S/C15H21NO2/c1-13(11-16-9-5-6-10-16)15(17)18-12-14-7-3-2-4-8-14/h2-4,7-8,13H,5-6,9-12H2,1H3. The van der Waals surface area contributed by atoms with Gasteiger partial charge in [-0.1, -0.05) is 37.3 Å². The van der Waals surface area contributed by atoms with Gasteiger partial charge in [-0.2, -0.15) is 0 Å². The largest absolute Gasteiger partial charge is 0.461 e. The first-order valence-electron chi connectivity index (χ1n) is 6.68. The Morgan fingerprint density at radius 3 is 2.61 bits per heavy atom. The van der Waals surface area contributed by atoms with Crippen LogP contribution >= 0.6 is 0 Å². The smallest absolute Gasteiger partial charge is 0.310 e. The van der Waals surface area contributed by atoms with E-state index in [1.807, 2.05) is 37.3 Å². The molecule has 1 aromatic carbocycles. The number of carbonyl (C=O) groups excluding carboxylic acids is 1. The lowest BCUT2D eigenvalue weighted by Crippen LogP contribution is -2.30. The number of hydrogen-bond acceptors (Lipinski definition) is 3. The molecule has 0 N–H and O–H groups in total. The van der Waals surface area contributed by atoms with Crippen molar-refractivity contribution >= 4 is 5.97 Å². The summed E-state index contributed by atoms with van der Waals surface area (Å²) in [7, 11) is 0. The fourth-order valence-corrected chi connectivity index (χ4v) is 2.30. The number of ether oxygens (including phenoxy) is 1. The second kappa shape index (κ2) is 6.55. The number of likely N-dealkylation sites (tertiary alicyclic amines) is 1. The van der Waals surface area contributed by atoms with Gasteiger partial charge in [0.05, 0.1) is 5.92 Å². The molecule has 0 radical (unpaired) electrons. The van der Waals surface area contributed by atoms with Crippen molar-refractivity contribution in [3.63, 3.8) is 0 Å². The number of benzene rings is 1. The van der Waals surface area contributed by atoms with Crippen molar-refractivity contribution in [3.8, 4) is 0 Å². The van der Waals surface area contributed by atoms with Gasteiger partial charge >= 0.3 is 5.97 Å². The van der Waals surface area contributed by atoms with Gasteiger partial charge in [-0.25, -0.2) is 0 Å². The SMILES string of the molecule is CC(CN1CCCC1)C(=O)OCc1ccccc1. The number of hydrogen-bond donors (Lipinski definition) is 0. The van der Waals surface area contributed by atoms with E-state index >= 15 is 0 Å². The van der Waals surface area contributed by atoms with Crippen LogP contribution in [0.15, 0.2) is 30.3 Å². The van der Waals surface area contributed by atoms with Crippen LogP contribution < -0.4 is 0 Å². The topological polar surface area (TPSA) is 29.5 Å². The van der Waals surface area contributed by atoms with E-state index in [0.717, 1.165) is 25.2 Å². The molecular formula is C15H21NO2. The molecule has 18 heavy (non-hydrogen) atoms. The fraction of sp³-hybridized carbons (Fsp3) is 0.533. The van der Waals surface area contributed by atoms with Crippen molar-refractivity contribution in [1.82, 2.24) is 4.90 Å². The lowest BCUT2D eigenvalue weighted by Gasteiger charge is -2.19. The van der Waals surface area contributed by atoms with Crippen LogP contribution in [0.3, 0.4) is 0 Å². The summed E-state index contributed by atoms with van der Waals surface area (Å²) in [5.41, 5.74) is 1.04. The molecule has 0 bridgehead atoms. The first-order chi connectivity index (χ1) is 8.75. The highest BCUT2D eigenvalue weighted by Gasteiger charge is 2.20. The predicted molar refractivity (Wildman–Crippen MR) is 71.1 cm³/mol. The van der Waals surface area contributed by atoms with Crippen molar-refractivity contribution in [1.29, 1.82) is 0 Å². The average Bonchev–Trinajstić information content (AvgIpc) is 2.90. The Labute approximate surface area is 109 Å². The molecule has 1 aliphatic heterocycles. The van der Waals surface area contributed by atoms with E-state index < -0.39 is 0 Å². The lowest BCUT2D eigenvalue weighted by molar-refractivity contribution is -0.149. The summed E-state index contributed by atoms with van der Waals surface area (Å²) >= 11 is 0. The van der Waals surface area contributed by atoms with Gasteiger partial charge in [0, 0.05) is 6.54 Å². The third-order valence-corrected chi connectivity index (χ3v) is 3.36. The van der Waals surface area contributed by atoms with E-state index in [1.165, 1.54) is 12.8 Å². The molecule has 98 valence electrons. The van der Waals surface area contributed by atoms with Crippen LogP contribution in [0.4, 0.5) is 0 Å². The van der Waals surface area contributed by atoms with Gasteiger partial charge < -0.3 is 9.64 Å². The molecule has 3 nitrogen and oxygen atoms in total. The van der Waals surface area contributed by atoms with E-state index in [4.69, 9.17) is 4.74 Å². The van der Waals surface area contributed by atoms with Crippen molar-refractivity contribution in [2.75, 3.05) is 19.6 Å². The molecule has 1 aliphatic rings. The van der Waals surface area contributed by atoms with E-state index in [9.17, 15) is 4.79 Å². The maximum atomic E-state index is 11.9. The molecule has 1 aromatic rings. The summed E-state index contributed by atoms with van der Waals surface area (Å²) in [6.45, 7) is 5.40. The Kier molecular flexibility index (Phi) is 4.76. The fourth-order valence-electron chi connectivity index (χ4n) is 2.30. The molecule has 1 fully saturated rings. The van der Waals surface area contributed by atoms with Crippen LogP contribution in [0.5, 0.6) is 0 Å². The first-order valence-corrected chi connectivity index (χ1v) is 6.68. The van der Waals surface area contributed by atoms with Crippen molar-refractivity contribution < 1.29 is 9.53 Å². The van der Waals surface area contributed by atoms with Crippen LogP contribution in [0.1, 0.15) is 25.3 Å². The molecule has 2 rings (SSSR count). The van der Waals surface area contributed by atoms with Gasteiger partial charge in [-0.15, -0.1) is 0 Å². The molecule has 0 saturated carbocycles. The van der Waals surface area contributed by atoms with Gasteiger partial charge in [-0.3, -0.25) is 4.79 Å². The molecule has 1 heterocycles. The number of esters is 1. The minimum Gasteiger partial charge on any atom is -0.461 e. The van der Waals surface area contributed by atoms with E-state index in [0.29, 0.717) is 6.61 Å². The third kappa shape index (κ3) is 3.84. The van der Waals surface area contributed by atoms with Gasteiger partial charge in [0.25, 0.3) is 0 Å². The molecule has 0 aromatic heterocycles. The maximum Gasteiger partial charge on any atom is 0.310 e. The average molecular weight is 247 g/mol. The zero-order valence-electron chi connectivity index (χ0n) is 11.0. The Balaban J connectivity index is 1.73. The quantitative estimate of drug-likeness (QED) is 0.749. The second-order valence-corrected chi connectivity index (χ2v) is 5.00. The molecule has 0 amide bonds. The Hall–Kier alpha value is -1.35. The molecule has 3 heteroatoms. The van der Waals surface area contributed by atoms with E-state index in [1.54, 1.807) is 0 Å². The zero-order chi connectivity index (χ0) is 12.8. The van der Waals surface area contributed by atoms with Crippen LogP contribution in [0.2, 0.25) is 0 Å². The summed E-state index contributed by atoms with van der Waals surface area (Å²) in [5, 5.41) is 0. The number of carbonyl (C=O) groups is 1. The van der Waals surface area contributed by atoms with Crippen molar-refractivity contribution in [2.45, 2.75) is 26.4 Å². The summed E-state index contributed by atoms with van der Waals surface area (Å²) in [4.78, 5) is 14.2. The van der Waals surface area contributed by atoms with Gasteiger partial charge in [-0.05, 0) is 31.5 Å². The maximum absolute atomic E-state index is 11.9. The van der Waals surface area contributed by atoms with E-state index in [2.05, 4.69) is 4.90 Å². The summed E-state index contributed by atoms with van der Waals surface area (Å²) in [5.74, 6) is -0.127. The van der Waals surface area contributed by atoms with Crippen LogP contribution in [-0.2, 0) is 16.1 Å². The predicted octanol–water partition coefficient (Wildman–Crippen LogP) is 2.46. The highest BCUT2D eigenvalue weighted by atomic mass is 16.5. The highest BCUT2D eigenvalue weighted by Crippen LogP contribution is 2.12. The number of nitrogens with zero attached hydrogens (tertiary/aromatic N) is 1. The van der Waals surface area contributed by atoms with Crippen LogP contribution in [0.25, 0.3) is 0 Å². The molecule has 1 unspecified atom stereocenters. The van der Waals surface area contributed by atoms with Gasteiger partial charge in [0.1, 0.15) is 6.61 Å². The summed E-state index contributed by atoms with van der Waals surface area (Å²) in [6.07, 6.45) is 2.51. The monoisotopic (exact) mass is 247 g/mol. The normalized spacial score (nSPS) is 17.6. The lowest BCUT2D eigenvalue weighted by atomic mass is 10.1. The molecule has 0 aliphatic carbocycles. The zero-order valence-corrected chi connectivity index (χ0v) is 11.0. The Morgan fingerprint density at radius 1 is 1.28 bits per heavy atom. The van der Waals surface area contributed by atoms with Crippen LogP contribution in [0, 0.1) is 5.92 Å². The molecule has 1 atom stereocenters. The number of rotatable bonds is 5. The Bertz CT molecular complexity index is 371. The molecule has 0 spiro atoms. The molecule has 1 saturated heterocycles. The van der Waals surface area contributed by atoms with Crippen LogP contribution in [-0.4, -0.2) is 30.5 Å². The first kappa shape index (κ1) is 13.1. The highest BCUT2D eigenvalue weighted by molar-refractivity contribution is 5.72. The Morgan fingerprint density at radius 2 is 1.94 bits per heavy atom. The van der Waals surface area contributed by atoms with Crippen molar-refractivity contribution in [2.24, 2.45) is 5.92 Å². The summed E-state index contributed by atoms with van der Waals surface area (Å²) < 4.78 is 5.33.